The zero-order valence-corrected chi connectivity index (χ0v) is 10.2. The Kier molecular flexibility index (Phi) is 4.32. The van der Waals surface area contributed by atoms with Crippen molar-refractivity contribution in [3.63, 3.8) is 0 Å². The highest BCUT2D eigenvalue weighted by atomic mass is 19.1. The maximum atomic E-state index is 12.8. The van der Waals surface area contributed by atoms with Crippen molar-refractivity contribution in [1.29, 1.82) is 0 Å². The van der Waals surface area contributed by atoms with E-state index in [-0.39, 0.29) is 5.82 Å². The standard InChI is InChI=1S/C15H20FN/c1-2-9-17-10-7-14(8-11-17)12-13-3-5-15(16)6-4-13/h2-6,14H,1,7-12H2. The highest BCUT2D eigenvalue weighted by Gasteiger charge is 2.18. The molecular weight excluding hydrogens is 213 g/mol. The Labute approximate surface area is 103 Å². The van der Waals surface area contributed by atoms with E-state index in [1.807, 2.05) is 18.2 Å². The van der Waals surface area contributed by atoms with Crippen LogP contribution in [0.4, 0.5) is 4.39 Å². The Morgan fingerprint density at radius 1 is 1.24 bits per heavy atom. The number of benzene rings is 1. The topological polar surface area (TPSA) is 3.24 Å². The number of likely N-dealkylation sites (tertiary alicyclic amines) is 1. The molecule has 92 valence electrons. The van der Waals surface area contributed by atoms with Gasteiger partial charge >= 0.3 is 0 Å². The minimum Gasteiger partial charge on any atom is -0.300 e. The Morgan fingerprint density at radius 3 is 2.47 bits per heavy atom. The number of piperidine rings is 1. The van der Waals surface area contributed by atoms with Gasteiger partial charge in [0.05, 0.1) is 0 Å². The van der Waals surface area contributed by atoms with E-state index in [1.165, 1.54) is 18.4 Å². The van der Waals surface area contributed by atoms with Gasteiger partial charge in [-0.2, -0.15) is 0 Å². The fraction of sp³-hybridized carbons (Fsp3) is 0.467. The largest absolute Gasteiger partial charge is 0.300 e. The lowest BCUT2D eigenvalue weighted by molar-refractivity contribution is 0.200. The molecule has 1 nitrogen and oxygen atoms in total. The van der Waals surface area contributed by atoms with E-state index in [0.29, 0.717) is 0 Å². The van der Waals surface area contributed by atoms with Gasteiger partial charge in [-0.05, 0) is 56.0 Å². The van der Waals surface area contributed by atoms with Crippen LogP contribution in [0.25, 0.3) is 0 Å². The van der Waals surface area contributed by atoms with Crippen LogP contribution in [0.5, 0.6) is 0 Å². The molecule has 2 heteroatoms. The number of rotatable bonds is 4. The summed E-state index contributed by atoms with van der Waals surface area (Å²) < 4.78 is 12.8. The van der Waals surface area contributed by atoms with E-state index < -0.39 is 0 Å². The molecule has 1 aliphatic heterocycles. The molecule has 0 amide bonds. The smallest absolute Gasteiger partial charge is 0.123 e. The SMILES string of the molecule is C=CCN1CCC(Cc2ccc(F)cc2)CC1. The van der Waals surface area contributed by atoms with E-state index in [1.54, 1.807) is 12.1 Å². The lowest BCUT2D eigenvalue weighted by Gasteiger charge is -2.31. The first-order chi connectivity index (χ1) is 8.28. The zero-order valence-electron chi connectivity index (χ0n) is 10.2. The van der Waals surface area contributed by atoms with Crippen LogP contribution in [0.2, 0.25) is 0 Å². The van der Waals surface area contributed by atoms with Crippen molar-refractivity contribution in [2.24, 2.45) is 5.92 Å². The van der Waals surface area contributed by atoms with Gasteiger partial charge in [-0.15, -0.1) is 6.58 Å². The van der Waals surface area contributed by atoms with Gasteiger partial charge in [0.2, 0.25) is 0 Å². The van der Waals surface area contributed by atoms with Crippen molar-refractivity contribution in [1.82, 2.24) is 4.90 Å². The quantitative estimate of drug-likeness (QED) is 0.721. The van der Waals surface area contributed by atoms with Crippen LogP contribution in [0.3, 0.4) is 0 Å². The fourth-order valence-electron chi connectivity index (χ4n) is 2.51. The predicted molar refractivity (Wildman–Crippen MR) is 69.5 cm³/mol. The summed E-state index contributed by atoms with van der Waals surface area (Å²) in [5, 5.41) is 0. The molecule has 0 bridgehead atoms. The van der Waals surface area contributed by atoms with E-state index in [2.05, 4.69) is 11.5 Å². The average molecular weight is 233 g/mol. The third kappa shape index (κ3) is 3.67. The molecule has 1 saturated heterocycles. The molecule has 1 aromatic rings. The molecule has 0 unspecified atom stereocenters. The maximum Gasteiger partial charge on any atom is 0.123 e. The second kappa shape index (κ2) is 5.97. The molecule has 0 N–H and O–H groups in total. The molecule has 0 aliphatic carbocycles. The first-order valence-corrected chi connectivity index (χ1v) is 6.35. The Balaban J connectivity index is 1.81. The summed E-state index contributed by atoms with van der Waals surface area (Å²) >= 11 is 0. The van der Waals surface area contributed by atoms with Gasteiger partial charge in [0.15, 0.2) is 0 Å². The summed E-state index contributed by atoms with van der Waals surface area (Å²) in [5.74, 6) is 0.607. The normalized spacial score (nSPS) is 18.2. The lowest BCUT2D eigenvalue weighted by Crippen LogP contribution is -2.34. The minimum absolute atomic E-state index is 0.144. The predicted octanol–water partition coefficient (Wildman–Crippen LogP) is 3.27. The fourth-order valence-corrected chi connectivity index (χ4v) is 2.51. The first kappa shape index (κ1) is 12.3. The number of hydrogen-bond acceptors (Lipinski definition) is 1. The van der Waals surface area contributed by atoms with Crippen molar-refractivity contribution in [3.05, 3.63) is 48.3 Å². The van der Waals surface area contributed by atoms with Crippen molar-refractivity contribution in [2.75, 3.05) is 19.6 Å². The van der Waals surface area contributed by atoms with Gasteiger partial charge in [-0.25, -0.2) is 4.39 Å². The van der Waals surface area contributed by atoms with Crippen molar-refractivity contribution >= 4 is 0 Å². The minimum atomic E-state index is -0.144. The van der Waals surface area contributed by atoms with Crippen LogP contribution in [0, 0.1) is 11.7 Å². The molecule has 0 atom stereocenters. The molecule has 2 rings (SSSR count). The van der Waals surface area contributed by atoms with Crippen LogP contribution in [0.1, 0.15) is 18.4 Å². The van der Waals surface area contributed by atoms with Gasteiger partial charge in [0.1, 0.15) is 5.82 Å². The first-order valence-electron chi connectivity index (χ1n) is 6.35. The maximum absolute atomic E-state index is 12.8. The van der Waals surface area contributed by atoms with Gasteiger partial charge < -0.3 is 0 Å². The molecule has 1 heterocycles. The van der Waals surface area contributed by atoms with Gasteiger partial charge in [-0.1, -0.05) is 18.2 Å². The van der Waals surface area contributed by atoms with Crippen LogP contribution in [-0.2, 0) is 6.42 Å². The summed E-state index contributed by atoms with van der Waals surface area (Å²) in [6.07, 6.45) is 5.54. The summed E-state index contributed by atoms with van der Waals surface area (Å²) in [6, 6.07) is 6.93. The lowest BCUT2D eigenvalue weighted by atomic mass is 9.90. The molecular formula is C15H20FN. The highest BCUT2D eigenvalue weighted by Crippen LogP contribution is 2.21. The van der Waals surface area contributed by atoms with Gasteiger partial charge in [-0.3, -0.25) is 4.90 Å². The third-order valence-electron chi connectivity index (χ3n) is 3.53. The van der Waals surface area contributed by atoms with Gasteiger partial charge in [0.25, 0.3) is 0 Å². The van der Waals surface area contributed by atoms with Crippen molar-refractivity contribution in [3.8, 4) is 0 Å². The van der Waals surface area contributed by atoms with Crippen molar-refractivity contribution < 1.29 is 4.39 Å². The number of hydrogen-bond donors (Lipinski definition) is 0. The molecule has 0 saturated carbocycles. The summed E-state index contributed by atoms with van der Waals surface area (Å²) in [7, 11) is 0. The van der Waals surface area contributed by atoms with Crippen LogP contribution >= 0.6 is 0 Å². The Bertz CT molecular complexity index is 350. The molecule has 0 spiro atoms. The van der Waals surface area contributed by atoms with Gasteiger partial charge in [0, 0.05) is 6.54 Å². The Morgan fingerprint density at radius 2 is 1.88 bits per heavy atom. The molecule has 1 fully saturated rings. The number of nitrogens with zero attached hydrogens (tertiary/aromatic N) is 1. The van der Waals surface area contributed by atoms with Crippen LogP contribution in [-0.4, -0.2) is 24.5 Å². The summed E-state index contributed by atoms with van der Waals surface area (Å²) in [5.41, 5.74) is 1.26. The molecule has 1 aliphatic rings. The van der Waals surface area contributed by atoms with E-state index in [0.717, 1.165) is 32.0 Å². The molecule has 1 aromatic carbocycles. The highest BCUT2D eigenvalue weighted by molar-refractivity contribution is 5.16. The Hall–Kier alpha value is -1.15. The summed E-state index contributed by atoms with van der Waals surface area (Å²) in [4.78, 5) is 2.44. The molecule has 17 heavy (non-hydrogen) atoms. The molecule has 0 aromatic heterocycles. The number of halogens is 1. The van der Waals surface area contributed by atoms with E-state index in [9.17, 15) is 4.39 Å². The van der Waals surface area contributed by atoms with Crippen LogP contribution < -0.4 is 0 Å². The zero-order chi connectivity index (χ0) is 12.1. The molecule has 0 radical (unpaired) electrons. The van der Waals surface area contributed by atoms with Crippen LogP contribution in [0.15, 0.2) is 36.9 Å². The third-order valence-corrected chi connectivity index (χ3v) is 3.53. The second-order valence-corrected chi connectivity index (χ2v) is 4.86. The monoisotopic (exact) mass is 233 g/mol. The average Bonchev–Trinajstić information content (AvgIpc) is 2.35. The van der Waals surface area contributed by atoms with Crippen molar-refractivity contribution in [2.45, 2.75) is 19.3 Å². The van der Waals surface area contributed by atoms with E-state index >= 15 is 0 Å². The summed E-state index contributed by atoms with van der Waals surface area (Å²) in [6.45, 7) is 7.10. The van der Waals surface area contributed by atoms with E-state index in [4.69, 9.17) is 0 Å². The second-order valence-electron chi connectivity index (χ2n) is 4.86.